The Morgan fingerprint density at radius 3 is 2.33 bits per heavy atom. The van der Waals surface area contributed by atoms with Crippen LogP contribution in [0.25, 0.3) is 0 Å². The van der Waals surface area contributed by atoms with Crippen LogP contribution in [0.15, 0.2) is 0 Å². The lowest BCUT2D eigenvalue weighted by molar-refractivity contribution is 0.700. The molecule has 0 bridgehead atoms. The van der Waals surface area contributed by atoms with Gasteiger partial charge < -0.3 is 0 Å². The van der Waals surface area contributed by atoms with Gasteiger partial charge in [-0.05, 0) is 6.04 Å². The molecule has 1 radical (unpaired) electrons. The SMILES string of the molecule is CCCCCC[Si](C)Cl. The van der Waals surface area contributed by atoms with Gasteiger partial charge in [0, 0.05) is 0 Å². The quantitative estimate of drug-likeness (QED) is 0.331. The van der Waals surface area contributed by atoms with Crippen molar-refractivity contribution in [1.82, 2.24) is 0 Å². The number of hydrogen-bond acceptors (Lipinski definition) is 0. The third kappa shape index (κ3) is 8.51. The van der Waals surface area contributed by atoms with E-state index in [1.165, 1.54) is 31.7 Å². The minimum atomic E-state index is -0.443. The summed E-state index contributed by atoms with van der Waals surface area (Å²) in [6.45, 7) is 4.40. The van der Waals surface area contributed by atoms with Crippen LogP contribution in [0.3, 0.4) is 0 Å². The van der Waals surface area contributed by atoms with Crippen molar-refractivity contribution >= 4 is 19.2 Å². The van der Waals surface area contributed by atoms with E-state index in [1.54, 1.807) is 0 Å². The highest BCUT2D eigenvalue weighted by molar-refractivity contribution is 7.06. The number of unbranched alkanes of at least 4 members (excludes halogenated alkanes) is 3. The first-order valence-corrected chi connectivity index (χ1v) is 6.97. The van der Waals surface area contributed by atoms with E-state index < -0.39 is 8.11 Å². The Bertz CT molecular complexity index is 54.9. The lowest BCUT2D eigenvalue weighted by Gasteiger charge is -1.98. The zero-order valence-electron chi connectivity index (χ0n) is 6.41. The fourth-order valence-corrected chi connectivity index (χ4v) is 1.93. The smallest absolute Gasteiger partial charge is 0.162 e. The standard InChI is InChI=1S/C7H16ClSi/c1-3-4-5-6-7-9(2)8/h3-7H2,1-2H3. The minimum Gasteiger partial charge on any atom is -0.169 e. The minimum absolute atomic E-state index is 0.443. The van der Waals surface area contributed by atoms with Crippen molar-refractivity contribution in [2.75, 3.05) is 0 Å². The molecule has 0 nitrogen and oxygen atoms in total. The highest BCUT2D eigenvalue weighted by Gasteiger charge is 1.97. The highest BCUT2D eigenvalue weighted by Crippen LogP contribution is 2.07. The van der Waals surface area contributed by atoms with Crippen molar-refractivity contribution in [2.45, 2.75) is 45.2 Å². The van der Waals surface area contributed by atoms with Crippen molar-refractivity contribution in [1.29, 1.82) is 0 Å². The van der Waals surface area contributed by atoms with E-state index in [2.05, 4.69) is 13.5 Å². The van der Waals surface area contributed by atoms with Crippen LogP contribution in [0, 0.1) is 0 Å². The average Bonchev–Trinajstić information content (AvgIpc) is 1.80. The Balaban J connectivity index is 2.75. The van der Waals surface area contributed by atoms with E-state index >= 15 is 0 Å². The maximum atomic E-state index is 5.86. The summed E-state index contributed by atoms with van der Waals surface area (Å²) in [5.41, 5.74) is 0. The molecule has 0 amide bonds. The molecule has 0 saturated carbocycles. The van der Waals surface area contributed by atoms with Crippen molar-refractivity contribution in [3.63, 3.8) is 0 Å². The fourth-order valence-electron chi connectivity index (χ4n) is 0.795. The van der Waals surface area contributed by atoms with Crippen molar-refractivity contribution in [3.05, 3.63) is 0 Å². The van der Waals surface area contributed by atoms with Gasteiger partial charge in [0.2, 0.25) is 0 Å². The van der Waals surface area contributed by atoms with Crippen LogP contribution in [-0.4, -0.2) is 8.11 Å². The van der Waals surface area contributed by atoms with Crippen molar-refractivity contribution in [2.24, 2.45) is 0 Å². The van der Waals surface area contributed by atoms with Crippen LogP contribution in [-0.2, 0) is 0 Å². The fraction of sp³-hybridized carbons (Fsp3) is 1.00. The first kappa shape index (κ1) is 9.51. The van der Waals surface area contributed by atoms with Gasteiger partial charge in [0.1, 0.15) is 0 Å². The third-order valence-corrected chi connectivity index (χ3v) is 2.98. The molecule has 0 fully saturated rings. The molecule has 0 spiro atoms. The monoisotopic (exact) mass is 163 g/mol. The maximum Gasteiger partial charge on any atom is 0.162 e. The number of halogens is 1. The van der Waals surface area contributed by atoms with Gasteiger partial charge in [0.15, 0.2) is 8.11 Å². The largest absolute Gasteiger partial charge is 0.169 e. The van der Waals surface area contributed by atoms with Gasteiger partial charge in [0.25, 0.3) is 0 Å². The molecule has 0 aliphatic rings. The highest BCUT2D eigenvalue weighted by atomic mass is 35.6. The van der Waals surface area contributed by atoms with Gasteiger partial charge in [-0.1, -0.05) is 39.2 Å². The van der Waals surface area contributed by atoms with Gasteiger partial charge in [0.05, 0.1) is 0 Å². The van der Waals surface area contributed by atoms with Crippen molar-refractivity contribution < 1.29 is 0 Å². The Labute approximate surface area is 64.9 Å². The molecular formula is C7H16ClSi. The molecule has 9 heavy (non-hydrogen) atoms. The molecule has 0 N–H and O–H groups in total. The van der Waals surface area contributed by atoms with Crippen molar-refractivity contribution in [3.8, 4) is 0 Å². The number of rotatable bonds is 5. The van der Waals surface area contributed by atoms with Gasteiger partial charge >= 0.3 is 0 Å². The summed E-state index contributed by atoms with van der Waals surface area (Å²) >= 11 is 5.86. The Morgan fingerprint density at radius 1 is 1.22 bits per heavy atom. The third-order valence-electron chi connectivity index (χ3n) is 1.37. The molecule has 0 aromatic carbocycles. The van der Waals surface area contributed by atoms with Crippen LogP contribution in [0.2, 0.25) is 12.6 Å². The van der Waals surface area contributed by atoms with E-state index in [0.717, 1.165) is 0 Å². The molecule has 0 aromatic rings. The Hall–Kier alpha value is 0.507. The van der Waals surface area contributed by atoms with E-state index in [1.807, 2.05) is 0 Å². The lowest BCUT2D eigenvalue weighted by atomic mass is 10.2. The zero-order chi connectivity index (χ0) is 7.11. The number of hydrogen-bond donors (Lipinski definition) is 0. The van der Waals surface area contributed by atoms with Crippen LogP contribution in [0.1, 0.15) is 32.6 Å². The van der Waals surface area contributed by atoms with Crippen LogP contribution < -0.4 is 0 Å². The first-order valence-electron chi connectivity index (χ1n) is 3.75. The van der Waals surface area contributed by atoms with Crippen LogP contribution in [0.4, 0.5) is 0 Å². The summed E-state index contributed by atoms with van der Waals surface area (Å²) in [5.74, 6) is 0. The molecule has 0 atom stereocenters. The topological polar surface area (TPSA) is 0 Å². The molecule has 0 aromatic heterocycles. The van der Waals surface area contributed by atoms with E-state index in [0.29, 0.717) is 0 Å². The molecule has 0 saturated heterocycles. The lowest BCUT2D eigenvalue weighted by Crippen LogP contribution is -1.93. The summed E-state index contributed by atoms with van der Waals surface area (Å²) < 4.78 is 0. The molecule has 0 heterocycles. The van der Waals surface area contributed by atoms with Gasteiger partial charge in [-0.3, -0.25) is 0 Å². The van der Waals surface area contributed by atoms with E-state index in [-0.39, 0.29) is 0 Å². The second-order valence-electron chi connectivity index (χ2n) is 2.49. The summed E-state index contributed by atoms with van der Waals surface area (Å²) in [6, 6.07) is 1.28. The predicted molar refractivity (Wildman–Crippen MR) is 46.4 cm³/mol. The summed E-state index contributed by atoms with van der Waals surface area (Å²) in [5, 5.41) is 0. The van der Waals surface area contributed by atoms with Gasteiger partial charge in [-0.2, -0.15) is 11.1 Å². The van der Waals surface area contributed by atoms with E-state index in [4.69, 9.17) is 11.1 Å². The normalized spacial score (nSPS) is 10.7. The predicted octanol–water partition coefficient (Wildman–Crippen LogP) is 3.43. The summed E-state index contributed by atoms with van der Waals surface area (Å²) in [4.78, 5) is 0. The average molecular weight is 164 g/mol. The molecular weight excluding hydrogens is 148 g/mol. The molecule has 0 unspecified atom stereocenters. The molecule has 0 aliphatic heterocycles. The van der Waals surface area contributed by atoms with E-state index in [9.17, 15) is 0 Å². The molecule has 55 valence electrons. The summed E-state index contributed by atoms with van der Waals surface area (Å²) in [6.07, 6.45) is 5.44. The van der Waals surface area contributed by atoms with Gasteiger partial charge in [-0.15, -0.1) is 0 Å². The second kappa shape index (κ2) is 6.62. The molecule has 0 rings (SSSR count). The van der Waals surface area contributed by atoms with Crippen LogP contribution >= 0.6 is 11.1 Å². The first-order chi connectivity index (χ1) is 4.27. The zero-order valence-corrected chi connectivity index (χ0v) is 8.17. The molecule has 0 aliphatic carbocycles. The molecule has 2 heteroatoms. The van der Waals surface area contributed by atoms with Gasteiger partial charge in [-0.25, -0.2) is 0 Å². The summed E-state index contributed by atoms with van der Waals surface area (Å²) in [7, 11) is -0.443. The Morgan fingerprint density at radius 2 is 1.89 bits per heavy atom. The second-order valence-corrected chi connectivity index (χ2v) is 6.27. The van der Waals surface area contributed by atoms with Crippen LogP contribution in [0.5, 0.6) is 0 Å². The Kier molecular flexibility index (Phi) is 7.00. The maximum absolute atomic E-state index is 5.86.